The van der Waals surface area contributed by atoms with Crippen LogP contribution in [-0.2, 0) is 9.47 Å². The van der Waals surface area contributed by atoms with Crippen LogP contribution < -0.4 is 15.4 Å². The van der Waals surface area contributed by atoms with Crippen molar-refractivity contribution in [1.82, 2.24) is 5.32 Å². The van der Waals surface area contributed by atoms with Gasteiger partial charge in [0.2, 0.25) is 0 Å². The van der Waals surface area contributed by atoms with Crippen molar-refractivity contribution in [2.45, 2.75) is 91.4 Å². The second kappa shape index (κ2) is 20.0. The summed E-state index contributed by atoms with van der Waals surface area (Å²) in [6, 6.07) is 6.51. The predicted octanol–water partition coefficient (Wildman–Crippen LogP) is 8.02. The predicted molar refractivity (Wildman–Crippen MR) is 166 cm³/mol. The monoisotopic (exact) mass is 571 g/mol. The Morgan fingerprint density at radius 3 is 2.27 bits per heavy atom. The lowest BCUT2D eigenvalue weighted by Crippen LogP contribution is -2.25. The second-order valence-electron chi connectivity index (χ2n) is 10.9. The van der Waals surface area contributed by atoms with Crippen LogP contribution in [0.1, 0.15) is 102 Å². The van der Waals surface area contributed by atoms with E-state index in [1.807, 2.05) is 13.8 Å². The highest BCUT2D eigenvalue weighted by Gasteiger charge is 2.21. The lowest BCUT2D eigenvalue weighted by Gasteiger charge is -2.17. The fourth-order valence-corrected chi connectivity index (χ4v) is 4.59. The van der Waals surface area contributed by atoms with Crippen LogP contribution in [0.2, 0.25) is 0 Å². The summed E-state index contributed by atoms with van der Waals surface area (Å²) in [4.78, 5) is 25.2. The molecule has 0 fully saturated rings. The molecule has 0 bridgehead atoms. The molecule has 0 aliphatic carbocycles. The van der Waals surface area contributed by atoms with Gasteiger partial charge in [0.25, 0.3) is 5.91 Å². The Morgan fingerprint density at radius 1 is 0.951 bits per heavy atom. The van der Waals surface area contributed by atoms with Gasteiger partial charge in [0.05, 0.1) is 29.9 Å². The van der Waals surface area contributed by atoms with Gasteiger partial charge >= 0.3 is 6.09 Å². The van der Waals surface area contributed by atoms with Crippen LogP contribution in [0.15, 0.2) is 24.3 Å². The number of hydrogen-bond acceptors (Lipinski definition) is 6. The lowest BCUT2D eigenvalue weighted by atomic mass is 10.0. The molecular weight excluding hydrogens is 520 g/mol. The van der Waals surface area contributed by atoms with Gasteiger partial charge in [-0.2, -0.15) is 0 Å². The van der Waals surface area contributed by atoms with Crippen molar-refractivity contribution < 1.29 is 28.9 Å². The number of phenolic OH excluding ortho intramolecular Hbond substituents is 1. The first-order valence-electron chi connectivity index (χ1n) is 15.4. The molecule has 2 aromatic carbocycles. The van der Waals surface area contributed by atoms with E-state index in [-0.39, 0.29) is 30.4 Å². The van der Waals surface area contributed by atoms with Crippen LogP contribution in [0.5, 0.6) is 11.5 Å². The summed E-state index contributed by atoms with van der Waals surface area (Å²) in [5, 5.41) is 17.4. The SMILES string of the molecule is [CH2]COc1cc(C(=O)NCCCOCCCCCCCCCCCC)c(O)c2cccc(NC(=O)OCC(C)C)c12. The normalized spacial score (nSPS) is 11.1. The first kappa shape index (κ1) is 34.2. The molecule has 0 atom stereocenters. The minimum atomic E-state index is -0.608. The highest BCUT2D eigenvalue weighted by Crippen LogP contribution is 2.40. The van der Waals surface area contributed by atoms with Crippen molar-refractivity contribution in [1.29, 1.82) is 0 Å². The third kappa shape index (κ3) is 12.6. The number of carbonyl (C=O) groups excluding carboxylic acids is 2. The highest BCUT2D eigenvalue weighted by molar-refractivity contribution is 6.11. The number of ether oxygens (including phenoxy) is 3. The van der Waals surface area contributed by atoms with Gasteiger partial charge in [-0.05, 0) is 37.8 Å². The van der Waals surface area contributed by atoms with E-state index in [0.717, 1.165) is 13.0 Å². The summed E-state index contributed by atoms with van der Waals surface area (Å²) in [6.07, 6.45) is 13.0. The number of benzene rings is 2. The fourth-order valence-electron chi connectivity index (χ4n) is 4.59. The maximum absolute atomic E-state index is 12.9. The molecule has 1 radical (unpaired) electrons. The van der Waals surface area contributed by atoms with Crippen LogP contribution in [0.4, 0.5) is 10.5 Å². The van der Waals surface area contributed by atoms with E-state index in [2.05, 4.69) is 24.5 Å². The van der Waals surface area contributed by atoms with Crippen LogP contribution >= 0.6 is 0 Å². The Morgan fingerprint density at radius 2 is 1.61 bits per heavy atom. The largest absolute Gasteiger partial charge is 0.506 e. The van der Waals surface area contributed by atoms with Gasteiger partial charge in [0.1, 0.15) is 11.5 Å². The number of unbranched alkanes of at least 4 members (excludes halogenated alkanes) is 9. The maximum atomic E-state index is 12.9. The zero-order chi connectivity index (χ0) is 29.9. The van der Waals surface area contributed by atoms with E-state index in [1.165, 1.54) is 63.9 Å². The van der Waals surface area contributed by atoms with Crippen LogP contribution in [-0.4, -0.2) is 50.1 Å². The average molecular weight is 572 g/mol. The van der Waals surface area contributed by atoms with Crippen molar-refractivity contribution >= 4 is 28.5 Å². The van der Waals surface area contributed by atoms with E-state index in [0.29, 0.717) is 41.8 Å². The molecule has 0 spiro atoms. The Balaban J connectivity index is 1.81. The van der Waals surface area contributed by atoms with E-state index in [9.17, 15) is 14.7 Å². The molecule has 0 aromatic heterocycles. The molecule has 8 nitrogen and oxygen atoms in total. The quantitative estimate of drug-likeness (QED) is 0.131. The summed E-state index contributed by atoms with van der Waals surface area (Å²) >= 11 is 0. The molecule has 0 saturated heterocycles. The zero-order valence-electron chi connectivity index (χ0n) is 25.4. The fraction of sp³-hybridized carbons (Fsp3) is 0.606. The third-order valence-corrected chi connectivity index (χ3v) is 6.78. The molecular formula is C33H51N2O6. The van der Waals surface area contributed by atoms with Crippen molar-refractivity contribution in [3.63, 3.8) is 0 Å². The van der Waals surface area contributed by atoms with Crippen molar-refractivity contribution in [2.75, 3.05) is 38.3 Å². The summed E-state index contributed by atoms with van der Waals surface area (Å²) in [5.74, 6) is -0.0786. The van der Waals surface area contributed by atoms with Gasteiger partial charge in [-0.1, -0.05) is 90.7 Å². The number of phenols is 1. The highest BCUT2D eigenvalue weighted by atomic mass is 16.5. The standard InChI is InChI=1S/C33H51N2O6/c1-5-7-8-9-10-11-12-13-14-15-21-39-22-17-20-34-32(37)27-23-29(40-6-2)30-26(31(27)36)18-16-19-28(30)35-33(38)41-24-25(3)4/h16,18-19,23,25,36H,2,5-15,17,20-22,24H2,1,3-4H3,(H,34,37)(H,35,38). The minimum absolute atomic E-state index is 0.0896. The van der Waals surface area contributed by atoms with E-state index < -0.39 is 12.0 Å². The van der Waals surface area contributed by atoms with E-state index >= 15 is 0 Å². The average Bonchev–Trinajstić information content (AvgIpc) is 2.95. The van der Waals surface area contributed by atoms with Gasteiger partial charge in [-0.15, -0.1) is 0 Å². The van der Waals surface area contributed by atoms with Gasteiger partial charge in [-0.25, -0.2) is 4.79 Å². The number of nitrogens with one attached hydrogen (secondary N) is 2. The topological polar surface area (TPSA) is 106 Å². The van der Waals surface area contributed by atoms with Gasteiger partial charge in [0, 0.05) is 25.1 Å². The number of aromatic hydroxyl groups is 1. The molecule has 2 aromatic rings. The Labute approximate surface area is 246 Å². The Hall–Kier alpha value is -3.00. The van der Waals surface area contributed by atoms with Crippen LogP contribution in [0.3, 0.4) is 0 Å². The first-order valence-corrected chi connectivity index (χ1v) is 15.4. The Kier molecular flexibility index (Phi) is 16.7. The molecule has 2 amide bonds. The molecule has 41 heavy (non-hydrogen) atoms. The Bertz CT molecular complexity index is 1060. The molecule has 0 unspecified atom stereocenters. The van der Waals surface area contributed by atoms with Crippen molar-refractivity contribution in [2.24, 2.45) is 5.92 Å². The number of rotatable bonds is 21. The lowest BCUT2D eigenvalue weighted by molar-refractivity contribution is 0.0937. The zero-order valence-corrected chi connectivity index (χ0v) is 25.4. The number of anilines is 1. The maximum Gasteiger partial charge on any atom is 0.411 e. The molecule has 8 heteroatoms. The molecule has 229 valence electrons. The summed E-state index contributed by atoms with van der Waals surface area (Å²) in [7, 11) is 0. The molecule has 0 heterocycles. The molecule has 3 N–H and O–H groups in total. The summed E-state index contributed by atoms with van der Waals surface area (Å²) < 4.78 is 16.7. The molecule has 0 aliphatic rings. The van der Waals surface area contributed by atoms with Crippen LogP contribution in [0, 0.1) is 12.8 Å². The van der Waals surface area contributed by atoms with Gasteiger partial charge < -0.3 is 24.6 Å². The second-order valence-corrected chi connectivity index (χ2v) is 10.9. The number of fused-ring (bicyclic) bond motifs is 1. The smallest absolute Gasteiger partial charge is 0.411 e. The van der Waals surface area contributed by atoms with Crippen molar-refractivity contribution in [3.8, 4) is 11.5 Å². The molecule has 0 saturated carbocycles. The number of hydrogen-bond donors (Lipinski definition) is 3. The number of amides is 2. The molecule has 2 rings (SSSR count). The van der Waals surface area contributed by atoms with Gasteiger partial charge in [0.15, 0.2) is 0 Å². The van der Waals surface area contributed by atoms with Crippen LogP contribution in [0.25, 0.3) is 10.8 Å². The van der Waals surface area contributed by atoms with E-state index in [1.54, 1.807) is 18.2 Å². The summed E-state index contributed by atoms with van der Waals surface area (Å²) in [5.41, 5.74) is 0.494. The summed E-state index contributed by atoms with van der Waals surface area (Å²) in [6.45, 7) is 12.0. The van der Waals surface area contributed by atoms with E-state index in [4.69, 9.17) is 14.2 Å². The van der Waals surface area contributed by atoms with Crippen molar-refractivity contribution in [3.05, 3.63) is 36.8 Å². The third-order valence-electron chi connectivity index (χ3n) is 6.78. The first-order chi connectivity index (χ1) is 19.9. The minimum Gasteiger partial charge on any atom is -0.506 e. The molecule has 0 aliphatic heterocycles. The number of carbonyl (C=O) groups is 2. The van der Waals surface area contributed by atoms with Gasteiger partial charge in [-0.3, -0.25) is 10.1 Å².